The fourth-order valence-corrected chi connectivity index (χ4v) is 2.50. The van der Waals surface area contributed by atoms with Crippen LogP contribution in [0.2, 0.25) is 5.02 Å². The van der Waals surface area contributed by atoms with Gasteiger partial charge in [0.05, 0.1) is 25.4 Å². The van der Waals surface area contributed by atoms with Crippen LogP contribution in [0.5, 0.6) is 11.5 Å². The highest BCUT2D eigenvalue weighted by Crippen LogP contribution is 2.40. The second-order valence-electron chi connectivity index (χ2n) is 4.64. The van der Waals surface area contributed by atoms with Gasteiger partial charge in [0.2, 0.25) is 0 Å². The number of halogens is 1. The van der Waals surface area contributed by atoms with Crippen LogP contribution in [0, 0.1) is 0 Å². The van der Waals surface area contributed by atoms with E-state index in [1.807, 2.05) is 6.20 Å². The third-order valence-corrected chi connectivity index (χ3v) is 3.62. The smallest absolute Gasteiger partial charge is 0.179 e. The van der Waals surface area contributed by atoms with Gasteiger partial charge >= 0.3 is 0 Å². The molecule has 21 heavy (non-hydrogen) atoms. The molecule has 2 rings (SSSR count). The molecular weight excluding hydrogens is 292 g/mol. The van der Waals surface area contributed by atoms with Crippen LogP contribution in [0.3, 0.4) is 0 Å². The van der Waals surface area contributed by atoms with Crippen molar-refractivity contribution in [3.8, 4) is 11.5 Å². The number of aliphatic hydroxyl groups excluding tert-OH is 1. The summed E-state index contributed by atoms with van der Waals surface area (Å²) in [6.07, 6.45) is 3.59. The molecule has 5 nitrogen and oxygen atoms in total. The normalized spacial score (nSPS) is 12.2. The van der Waals surface area contributed by atoms with E-state index < -0.39 is 6.10 Å². The van der Waals surface area contributed by atoms with E-state index in [-0.39, 0.29) is 0 Å². The van der Waals surface area contributed by atoms with Crippen molar-refractivity contribution in [3.05, 3.63) is 40.7 Å². The number of aromatic nitrogens is 2. The molecule has 1 aromatic heterocycles. The average molecular weight is 311 g/mol. The van der Waals surface area contributed by atoms with E-state index in [0.29, 0.717) is 27.6 Å². The molecule has 0 bridgehead atoms. The number of aryl methyl sites for hydroxylation is 1. The van der Waals surface area contributed by atoms with Crippen LogP contribution in [-0.2, 0) is 6.54 Å². The third kappa shape index (κ3) is 3.14. The fraction of sp³-hybridized carbons (Fsp3) is 0.400. The van der Waals surface area contributed by atoms with Gasteiger partial charge in [0.1, 0.15) is 6.10 Å². The number of rotatable bonds is 6. The zero-order valence-corrected chi connectivity index (χ0v) is 13.1. The first-order chi connectivity index (χ1) is 10.1. The van der Waals surface area contributed by atoms with Crippen LogP contribution in [0.1, 0.15) is 30.6 Å². The van der Waals surface area contributed by atoms with Crippen molar-refractivity contribution in [3.63, 3.8) is 0 Å². The lowest BCUT2D eigenvalue weighted by molar-refractivity contribution is 0.219. The van der Waals surface area contributed by atoms with Gasteiger partial charge < -0.3 is 14.6 Å². The molecule has 0 spiro atoms. The summed E-state index contributed by atoms with van der Waals surface area (Å²) in [5.74, 6) is 0.941. The monoisotopic (exact) mass is 310 g/mol. The maximum Gasteiger partial charge on any atom is 0.179 e. The first kappa shape index (κ1) is 15.7. The third-order valence-electron chi connectivity index (χ3n) is 3.23. The fourth-order valence-electron chi connectivity index (χ4n) is 2.17. The molecule has 1 unspecified atom stereocenters. The molecule has 0 saturated carbocycles. The van der Waals surface area contributed by atoms with E-state index in [1.54, 1.807) is 30.1 Å². The highest BCUT2D eigenvalue weighted by molar-refractivity contribution is 6.33. The van der Waals surface area contributed by atoms with E-state index in [4.69, 9.17) is 21.1 Å². The van der Waals surface area contributed by atoms with Crippen LogP contribution >= 0.6 is 11.6 Å². The predicted molar refractivity (Wildman–Crippen MR) is 81.1 cm³/mol. The van der Waals surface area contributed by atoms with Crippen LogP contribution < -0.4 is 9.47 Å². The Balaban J connectivity index is 2.36. The molecule has 0 fully saturated rings. The van der Waals surface area contributed by atoms with E-state index in [1.165, 1.54) is 7.11 Å². The van der Waals surface area contributed by atoms with Crippen molar-refractivity contribution in [2.45, 2.75) is 26.0 Å². The Labute approximate surface area is 129 Å². The van der Waals surface area contributed by atoms with Gasteiger partial charge in [0, 0.05) is 23.9 Å². The molecule has 0 aliphatic heterocycles. The maximum absolute atomic E-state index is 10.5. The highest BCUT2D eigenvalue weighted by Gasteiger charge is 2.20. The van der Waals surface area contributed by atoms with Crippen molar-refractivity contribution >= 4 is 11.6 Å². The van der Waals surface area contributed by atoms with Crippen molar-refractivity contribution in [2.24, 2.45) is 0 Å². The second-order valence-corrected chi connectivity index (χ2v) is 5.02. The van der Waals surface area contributed by atoms with Gasteiger partial charge in [-0.1, -0.05) is 24.6 Å². The van der Waals surface area contributed by atoms with E-state index in [9.17, 15) is 5.11 Å². The molecule has 6 heteroatoms. The Morgan fingerprint density at radius 3 is 2.71 bits per heavy atom. The van der Waals surface area contributed by atoms with Crippen LogP contribution in [0.15, 0.2) is 24.5 Å². The van der Waals surface area contributed by atoms with Crippen molar-refractivity contribution in [1.82, 2.24) is 9.78 Å². The molecule has 1 heterocycles. The van der Waals surface area contributed by atoms with Gasteiger partial charge in [-0.25, -0.2) is 0 Å². The molecule has 1 N–H and O–H groups in total. The lowest BCUT2D eigenvalue weighted by Crippen LogP contribution is -2.02. The lowest BCUT2D eigenvalue weighted by Gasteiger charge is -2.16. The average Bonchev–Trinajstić information content (AvgIpc) is 2.95. The highest BCUT2D eigenvalue weighted by atomic mass is 35.5. The van der Waals surface area contributed by atoms with Crippen molar-refractivity contribution in [2.75, 3.05) is 14.2 Å². The Morgan fingerprint density at radius 1 is 1.33 bits per heavy atom. The van der Waals surface area contributed by atoms with Crippen LogP contribution in [0.4, 0.5) is 0 Å². The first-order valence-corrected chi connectivity index (χ1v) is 7.11. The molecule has 1 aromatic carbocycles. The zero-order chi connectivity index (χ0) is 15.4. The summed E-state index contributed by atoms with van der Waals surface area (Å²) >= 11 is 6.31. The minimum atomic E-state index is -0.858. The molecule has 0 aliphatic carbocycles. The number of nitrogens with zero attached hydrogens (tertiary/aromatic N) is 2. The van der Waals surface area contributed by atoms with Crippen LogP contribution in [-0.4, -0.2) is 29.1 Å². The Morgan fingerprint density at radius 2 is 2.10 bits per heavy atom. The number of hydrogen-bond acceptors (Lipinski definition) is 4. The van der Waals surface area contributed by atoms with Crippen LogP contribution in [0.25, 0.3) is 0 Å². The quantitative estimate of drug-likeness (QED) is 0.891. The maximum atomic E-state index is 10.5. The number of methoxy groups -OCH3 is 2. The molecule has 2 aromatic rings. The van der Waals surface area contributed by atoms with Gasteiger partial charge in [0.15, 0.2) is 11.5 Å². The standard InChI is InChI=1S/C15H19ClN2O3/c1-4-7-18-9-10(8-17-18)14(19)11-5-6-12(20-2)15(21-3)13(11)16/h5-6,8-9,14,19H,4,7H2,1-3H3. The van der Waals surface area contributed by atoms with E-state index in [0.717, 1.165) is 13.0 Å². The SMILES string of the molecule is CCCn1cc(C(O)c2ccc(OC)c(OC)c2Cl)cn1. The van der Waals surface area contributed by atoms with Gasteiger partial charge in [-0.3, -0.25) is 4.68 Å². The van der Waals surface area contributed by atoms with Gasteiger partial charge in [-0.15, -0.1) is 0 Å². The molecule has 114 valence electrons. The molecule has 0 aliphatic rings. The molecule has 0 radical (unpaired) electrons. The Bertz CT molecular complexity index is 613. The number of aliphatic hydroxyl groups is 1. The lowest BCUT2D eigenvalue weighted by atomic mass is 10.0. The summed E-state index contributed by atoms with van der Waals surface area (Å²) in [5.41, 5.74) is 1.25. The van der Waals surface area contributed by atoms with Crippen molar-refractivity contribution in [1.29, 1.82) is 0 Å². The Hall–Kier alpha value is -1.72. The minimum absolute atomic E-state index is 0.340. The van der Waals surface area contributed by atoms with Gasteiger partial charge in [-0.2, -0.15) is 5.10 Å². The van der Waals surface area contributed by atoms with E-state index >= 15 is 0 Å². The summed E-state index contributed by atoms with van der Waals surface area (Å²) in [4.78, 5) is 0. The van der Waals surface area contributed by atoms with Crippen molar-refractivity contribution < 1.29 is 14.6 Å². The first-order valence-electron chi connectivity index (χ1n) is 6.73. The summed E-state index contributed by atoms with van der Waals surface area (Å²) in [7, 11) is 3.05. The molecular formula is C15H19ClN2O3. The number of benzene rings is 1. The summed E-state index contributed by atoms with van der Waals surface area (Å²) in [6.45, 7) is 2.88. The van der Waals surface area contributed by atoms with Gasteiger partial charge in [0.25, 0.3) is 0 Å². The molecule has 0 amide bonds. The molecule has 0 saturated heterocycles. The minimum Gasteiger partial charge on any atom is -0.493 e. The zero-order valence-electron chi connectivity index (χ0n) is 12.3. The Kier molecular flexibility index (Phi) is 5.09. The predicted octanol–water partition coefficient (Wildman–Crippen LogP) is 3.05. The van der Waals surface area contributed by atoms with Gasteiger partial charge in [-0.05, 0) is 12.5 Å². The second kappa shape index (κ2) is 6.83. The summed E-state index contributed by atoms with van der Waals surface area (Å²) in [5, 5.41) is 15.1. The summed E-state index contributed by atoms with van der Waals surface area (Å²) in [6, 6.07) is 3.45. The molecule has 1 atom stereocenters. The topological polar surface area (TPSA) is 56.5 Å². The van der Waals surface area contributed by atoms with E-state index in [2.05, 4.69) is 12.0 Å². The largest absolute Gasteiger partial charge is 0.493 e. The number of hydrogen-bond donors (Lipinski definition) is 1. The number of ether oxygens (including phenoxy) is 2. The summed E-state index contributed by atoms with van der Waals surface area (Å²) < 4.78 is 12.2.